The van der Waals surface area contributed by atoms with Crippen molar-refractivity contribution in [2.45, 2.75) is 26.3 Å². The van der Waals surface area contributed by atoms with Gasteiger partial charge in [0.15, 0.2) is 0 Å². The third-order valence-electron chi connectivity index (χ3n) is 2.64. The van der Waals surface area contributed by atoms with Crippen LogP contribution in [0.15, 0.2) is 34.3 Å². The zero-order valence-electron chi connectivity index (χ0n) is 9.69. The fourth-order valence-electron chi connectivity index (χ4n) is 1.80. The van der Waals surface area contributed by atoms with E-state index in [1.54, 1.807) is 17.6 Å². The van der Waals surface area contributed by atoms with Gasteiger partial charge >= 0.3 is 0 Å². The molecule has 0 aromatic carbocycles. The summed E-state index contributed by atoms with van der Waals surface area (Å²) in [5.41, 5.74) is 1.33. The van der Waals surface area contributed by atoms with Crippen LogP contribution in [0.1, 0.15) is 35.6 Å². The van der Waals surface area contributed by atoms with Gasteiger partial charge in [0.05, 0.1) is 12.3 Å². The van der Waals surface area contributed by atoms with E-state index >= 15 is 0 Å². The standard InChI is InChI=1S/C13H17NOS/c1-3-7-14-13(12-5-4-8-15-12)11-6-9-16-10(11)2/h4-6,8-9,13-14H,3,7H2,1-2H3. The fourth-order valence-corrected chi connectivity index (χ4v) is 2.54. The molecule has 1 N–H and O–H groups in total. The Hall–Kier alpha value is -1.06. The SMILES string of the molecule is CCCNC(c1ccco1)c1ccsc1C. The molecule has 0 spiro atoms. The molecule has 0 saturated carbocycles. The van der Waals surface area contributed by atoms with Gasteiger partial charge in [0.1, 0.15) is 5.76 Å². The summed E-state index contributed by atoms with van der Waals surface area (Å²) in [5, 5.41) is 5.66. The Labute approximate surface area is 100 Å². The maximum Gasteiger partial charge on any atom is 0.125 e. The molecule has 0 radical (unpaired) electrons. The van der Waals surface area contributed by atoms with Crippen LogP contribution in [0.3, 0.4) is 0 Å². The molecule has 2 rings (SSSR count). The van der Waals surface area contributed by atoms with Gasteiger partial charge in [-0.3, -0.25) is 0 Å². The van der Waals surface area contributed by atoms with Crippen molar-refractivity contribution < 1.29 is 4.42 Å². The van der Waals surface area contributed by atoms with Gasteiger partial charge in [-0.15, -0.1) is 11.3 Å². The van der Waals surface area contributed by atoms with Crippen molar-refractivity contribution in [3.63, 3.8) is 0 Å². The molecule has 3 heteroatoms. The molecule has 2 aromatic rings. The van der Waals surface area contributed by atoms with E-state index < -0.39 is 0 Å². The van der Waals surface area contributed by atoms with Gasteiger partial charge in [0.25, 0.3) is 0 Å². The zero-order chi connectivity index (χ0) is 11.4. The summed E-state index contributed by atoms with van der Waals surface area (Å²) in [7, 11) is 0. The number of rotatable bonds is 5. The molecule has 86 valence electrons. The first kappa shape index (κ1) is 11.4. The second-order valence-corrected chi connectivity index (χ2v) is 4.95. The Morgan fingerprint density at radius 3 is 2.88 bits per heavy atom. The van der Waals surface area contributed by atoms with E-state index in [2.05, 4.69) is 30.6 Å². The van der Waals surface area contributed by atoms with Gasteiger partial charge < -0.3 is 9.73 Å². The highest BCUT2D eigenvalue weighted by Crippen LogP contribution is 2.28. The molecule has 0 saturated heterocycles. The highest BCUT2D eigenvalue weighted by Gasteiger charge is 2.18. The van der Waals surface area contributed by atoms with Gasteiger partial charge in [-0.05, 0) is 49.0 Å². The summed E-state index contributed by atoms with van der Waals surface area (Å²) in [4.78, 5) is 1.35. The smallest absolute Gasteiger partial charge is 0.125 e. The predicted molar refractivity (Wildman–Crippen MR) is 67.9 cm³/mol. The van der Waals surface area contributed by atoms with Crippen LogP contribution in [0.25, 0.3) is 0 Å². The van der Waals surface area contributed by atoms with Crippen LogP contribution in [-0.4, -0.2) is 6.54 Å². The van der Waals surface area contributed by atoms with Crippen molar-refractivity contribution in [2.24, 2.45) is 0 Å². The van der Waals surface area contributed by atoms with E-state index in [4.69, 9.17) is 4.42 Å². The second kappa shape index (κ2) is 5.32. The van der Waals surface area contributed by atoms with Crippen LogP contribution in [0.2, 0.25) is 0 Å². The van der Waals surface area contributed by atoms with Crippen molar-refractivity contribution in [1.29, 1.82) is 0 Å². The third kappa shape index (κ3) is 2.36. The van der Waals surface area contributed by atoms with Crippen molar-refractivity contribution >= 4 is 11.3 Å². The minimum Gasteiger partial charge on any atom is -0.467 e. The van der Waals surface area contributed by atoms with E-state index in [9.17, 15) is 0 Å². The normalized spacial score (nSPS) is 12.9. The maximum absolute atomic E-state index is 5.51. The first-order chi connectivity index (χ1) is 7.83. The lowest BCUT2D eigenvalue weighted by molar-refractivity contribution is 0.446. The summed E-state index contributed by atoms with van der Waals surface area (Å²) in [6.07, 6.45) is 2.86. The van der Waals surface area contributed by atoms with E-state index in [0.29, 0.717) is 0 Å². The molecule has 0 aliphatic heterocycles. The van der Waals surface area contributed by atoms with E-state index in [1.165, 1.54) is 10.4 Å². The lowest BCUT2D eigenvalue weighted by Gasteiger charge is -2.16. The van der Waals surface area contributed by atoms with Gasteiger partial charge in [-0.1, -0.05) is 6.92 Å². The average molecular weight is 235 g/mol. The number of hydrogen-bond donors (Lipinski definition) is 1. The van der Waals surface area contributed by atoms with Crippen molar-refractivity contribution in [2.75, 3.05) is 6.54 Å². The van der Waals surface area contributed by atoms with Crippen molar-refractivity contribution in [3.05, 3.63) is 46.0 Å². The highest BCUT2D eigenvalue weighted by atomic mass is 32.1. The molecule has 0 aliphatic carbocycles. The molecule has 0 fully saturated rings. The Morgan fingerprint density at radius 2 is 2.31 bits per heavy atom. The molecule has 0 bridgehead atoms. The lowest BCUT2D eigenvalue weighted by atomic mass is 10.1. The lowest BCUT2D eigenvalue weighted by Crippen LogP contribution is -2.22. The minimum absolute atomic E-state index is 0.196. The average Bonchev–Trinajstić information content (AvgIpc) is 2.91. The molecule has 0 aliphatic rings. The Kier molecular flexibility index (Phi) is 3.80. The number of aryl methyl sites for hydroxylation is 1. The highest BCUT2D eigenvalue weighted by molar-refractivity contribution is 7.10. The Bertz CT molecular complexity index is 419. The second-order valence-electron chi connectivity index (χ2n) is 3.83. The Morgan fingerprint density at radius 1 is 1.44 bits per heavy atom. The molecule has 1 atom stereocenters. The minimum atomic E-state index is 0.196. The third-order valence-corrected chi connectivity index (χ3v) is 3.50. The van der Waals surface area contributed by atoms with Crippen molar-refractivity contribution in [3.8, 4) is 0 Å². The van der Waals surface area contributed by atoms with Crippen LogP contribution < -0.4 is 5.32 Å². The number of nitrogens with one attached hydrogen (secondary N) is 1. The quantitative estimate of drug-likeness (QED) is 0.854. The molecule has 16 heavy (non-hydrogen) atoms. The summed E-state index contributed by atoms with van der Waals surface area (Å²) in [5.74, 6) is 0.995. The molecule has 0 amide bonds. The molecule has 2 aromatic heterocycles. The summed E-state index contributed by atoms with van der Waals surface area (Å²) < 4.78 is 5.51. The van der Waals surface area contributed by atoms with Crippen LogP contribution >= 0.6 is 11.3 Å². The molecule has 2 nitrogen and oxygen atoms in total. The fraction of sp³-hybridized carbons (Fsp3) is 0.385. The van der Waals surface area contributed by atoms with E-state index in [-0.39, 0.29) is 6.04 Å². The molecular weight excluding hydrogens is 218 g/mol. The number of hydrogen-bond acceptors (Lipinski definition) is 3. The summed E-state index contributed by atoms with van der Waals surface area (Å²) in [6, 6.07) is 6.35. The Balaban J connectivity index is 2.25. The zero-order valence-corrected chi connectivity index (χ0v) is 10.5. The van der Waals surface area contributed by atoms with Crippen LogP contribution in [0.5, 0.6) is 0 Å². The first-order valence-corrected chi connectivity index (χ1v) is 6.51. The van der Waals surface area contributed by atoms with Crippen LogP contribution in [0, 0.1) is 6.92 Å². The monoisotopic (exact) mass is 235 g/mol. The van der Waals surface area contributed by atoms with Gasteiger partial charge in [0, 0.05) is 4.88 Å². The van der Waals surface area contributed by atoms with Gasteiger partial charge in [-0.25, -0.2) is 0 Å². The van der Waals surface area contributed by atoms with E-state index in [0.717, 1.165) is 18.7 Å². The van der Waals surface area contributed by atoms with Crippen LogP contribution in [0.4, 0.5) is 0 Å². The van der Waals surface area contributed by atoms with Crippen LogP contribution in [-0.2, 0) is 0 Å². The topological polar surface area (TPSA) is 25.2 Å². The molecule has 1 unspecified atom stereocenters. The van der Waals surface area contributed by atoms with Gasteiger partial charge in [0.2, 0.25) is 0 Å². The molecule has 2 heterocycles. The summed E-state index contributed by atoms with van der Waals surface area (Å²) in [6.45, 7) is 5.33. The largest absolute Gasteiger partial charge is 0.467 e. The summed E-state index contributed by atoms with van der Waals surface area (Å²) >= 11 is 1.78. The predicted octanol–water partition coefficient (Wildman–Crippen LogP) is 3.74. The van der Waals surface area contributed by atoms with Gasteiger partial charge in [-0.2, -0.15) is 0 Å². The maximum atomic E-state index is 5.51. The first-order valence-electron chi connectivity index (χ1n) is 5.63. The number of thiophene rings is 1. The molecular formula is C13H17NOS. The number of furan rings is 1. The van der Waals surface area contributed by atoms with Crippen molar-refractivity contribution in [1.82, 2.24) is 5.32 Å². The van der Waals surface area contributed by atoms with E-state index in [1.807, 2.05) is 12.1 Å².